The Morgan fingerprint density at radius 2 is 1.97 bits per heavy atom. The third-order valence-corrected chi connectivity index (χ3v) is 5.19. The number of nitrogens with one attached hydrogen (secondary N) is 1. The SMILES string of the molecule is CN(C)CCNc1ccc(-c2cc(N3CCC(O)C3)nc(-c3cccnc3)n2)cc1. The van der Waals surface area contributed by atoms with E-state index in [-0.39, 0.29) is 6.10 Å². The number of likely N-dealkylation sites (N-methyl/N-ethyl adjacent to an activating group) is 1. The second-order valence-electron chi connectivity index (χ2n) is 7.87. The Balaban J connectivity index is 1.63. The predicted octanol–water partition coefficient (Wildman–Crippen LogP) is 2.75. The zero-order chi connectivity index (χ0) is 20.9. The number of pyridine rings is 1. The third kappa shape index (κ3) is 4.93. The molecule has 0 amide bonds. The van der Waals surface area contributed by atoms with E-state index in [1.165, 1.54) is 0 Å². The first-order chi connectivity index (χ1) is 14.6. The average molecular weight is 405 g/mol. The third-order valence-electron chi connectivity index (χ3n) is 5.19. The van der Waals surface area contributed by atoms with Gasteiger partial charge in [-0.25, -0.2) is 9.97 Å². The van der Waals surface area contributed by atoms with Crippen molar-refractivity contribution in [1.29, 1.82) is 0 Å². The monoisotopic (exact) mass is 404 g/mol. The Morgan fingerprint density at radius 3 is 2.63 bits per heavy atom. The van der Waals surface area contributed by atoms with Gasteiger partial charge in [-0.15, -0.1) is 0 Å². The number of rotatable bonds is 7. The maximum absolute atomic E-state index is 9.96. The van der Waals surface area contributed by atoms with Crippen molar-refractivity contribution in [3.05, 3.63) is 54.9 Å². The summed E-state index contributed by atoms with van der Waals surface area (Å²) in [6.45, 7) is 3.26. The summed E-state index contributed by atoms with van der Waals surface area (Å²) in [5, 5.41) is 13.4. The lowest BCUT2D eigenvalue weighted by Gasteiger charge is -2.18. The largest absolute Gasteiger partial charge is 0.391 e. The molecule has 1 aromatic carbocycles. The highest BCUT2D eigenvalue weighted by Gasteiger charge is 2.23. The minimum atomic E-state index is -0.308. The van der Waals surface area contributed by atoms with Crippen molar-refractivity contribution in [2.24, 2.45) is 0 Å². The molecule has 0 aliphatic carbocycles. The van der Waals surface area contributed by atoms with E-state index in [0.29, 0.717) is 12.4 Å². The molecule has 1 fully saturated rings. The summed E-state index contributed by atoms with van der Waals surface area (Å²) in [4.78, 5) is 18.1. The van der Waals surface area contributed by atoms with E-state index in [4.69, 9.17) is 9.97 Å². The maximum atomic E-state index is 9.96. The van der Waals surface area contributed by atoms with Crippen molar-refractivity contribution in [1.82, 2.24) is 19.9 Å². The number of aromatic nitrogens is 3. The standard InChI is InChI=1S/C23H28N6O/c1-28(2)13-11-25-19-7-5-17(6-8-19)21-14-22(29-12-9-20(30)16-29)27-23(26-21)18-4-3-10-24-15-18/h3-8,10,14-15,20,25,30H,9,11-13,16H2,1-2H3. The Bertz CT molecular complexity index is 961. The van der Waals surface area contributed by atoms with Gasteiger partial charge >= 0.3 is 0 Å². The van der Waals surface area contributed by atoms with Crippen molar-refractivity contribution >= 4 is 11.5 Å². The zero-order valence-corrected chi connectivity index (χ0v) is 17.5. The number of aliphatic hydroxyl groups excluding tert-OH is 1. The molecular weight excluding hydrogens is 376 g/mol. The Labute approximate surface area is 177 Å². The number of benzene rings is 1. The van der Waals surface area contributed by atoms with E-state index in [9.17, 15) is 5.11 Å². The Hall–Kier alpha value is -3.03. The molecule has 3 aromatic rings. The zero-order valence-electron chi connectivity index (χ0n) is 17.5. The van der Waals surface area contributed by atoms with E-state index in [1.807, 2.05) is 18.2 Å². The number of aliphatic hydroxyl groups is 1. The van der Waals surface area contributed by atoms with E-state index in [2.05, 4.69) is 58.5 Å². The number of hydrogen-bond donors (Lipinski definition) is 2. The molecule has 0 saturated carbocycles. The van der Waals surface area contributed by atoms with Crippen molar-refractivity contribution in [2.75, 3.05) is 50.5 Å². The second-order valence-corrected chi connectivity index (χ2v) is 7.87. The molecule has 3 heterocycles. The molecule has 1 aliphatic rings. The fourth-order valence-electron chi connectivity index (χ4n) is 3.50. The van der Waals surface area contributed by atoms with Crippen LogP contribution >= 0.6 is 0 Å². The van der Waals surface area contributed by atoms with Gasteiger partial charge in [-0.1, -0.05) is 12.1 Å². The molecule has 4 rings (SSSR count). The lowest BCUT2D eigenvalue weighted by Crippen LogP contribution is -2.22. The van der Waals surface area contributed by atoms with Gasteiger partial charge in [0.2, 0.25) is 0 Å². The van der Waals surface area contributed by atoms with Crippen molar-refractivity contribution in [3.63, 3.8) is 0 Å². The fraction of sp³-hybridized carbons (Fsp3) is 0.348. The molecule has 2 aromatic heterocycles. The van der Waals surface area contributed by atoms with Crippen LogP contribution in [0.3, 0.4) is 0 Å². The molecule has 0 spiro atoms. The smallest absolute Gasteiger partial charge is 0.163 e. The van der Waals surface area contributed by atoms with Crippen LogP contribution in [0.1, 0.15) is 6.42 Å². The van der Waals surface area contributed by atoms with E-state index in [0.717, 1.165) is 54.4 Å². The molecule has 0 bridgehead atoms. The fourth-order valence-corrected chi connectivity index (χ4v) is 3.50. The van der Waals surface area contributed by atoms with Crippen LogP contribution in [0.15, 0.2) is 54.9 Å². The molecule has 2 N–H and O–H groups in total. The summed E-state index contributed by atoms with van der Waals surface area (Å²) in [7, 11) is 4.13. The average Bonchev–Trinajstić information content (AvgIpc) is 3.21. The van der Waals surface area contributed by atoms with Crippen LogP contribution in [0.4, 0.5) is 11.5 Å². The van der Waals surface area contributed by atoms with Crippen molar-refractivity contribution in [3.8, 4) is 22.6 Å². The normalized spacial score (nSPS) is 16.3. The van der Waals surface area contributed by atoms with Gasteiger partial charge in [0.05, 0.1) is 11.8 Å². The van der Waals surface area contributed by atoms with Crippen LogP contribution in [-0.4, -0.2) is 71.3 Å². The van der Waals surface area contributed by atoms with Gasteiger partial charge in [-0.05, 0) is 44.8 Å². The number of nitrogens with zero attached hydrogens (tertiary/aromatic N) is 5. The minimum absolute atomic E-state index is 0.308. The number of hydrogen-bond acceptors (Lipinski definition) is 7. The van der Waals surface area contributed by atoms with Crippen molar-refractivity contribution < 1.29 is 5.11 Å². The Kier molecular flexibility index (Phi) is 6.21. The van der Waals surface area contributed by atoms with Crippen LogP contribution in [0.2, 0.25) is 0 Å². The highest BCUT2D eigenvalue weighted by Crippen LogP contribution is 2.28. The highest BCUT2D eigenvalue weighted by atomic mass is 16.3. The molecule has 1 aliphatic heterocycles. The van der Waals surface area contributed by atoms with Crippen molar-refractivity contribution in [2.45, 2.75) is 12.5 Å². The Morgan fingerprint density at radius 1 is 1.13 bits per heavy atom. The van der Waals surface area contributed by atoms with Gasteiger partial charge in [0.25, 0.3) is 0 Å². The van der Waals surface area contributed by atoms with Gasteiger partial charge in [-0.3, -0.25) is 4.98 Å². The molecule has 7 heteroatoms. The topological polar surface area (TPSA) is 77.4 Å². The first-order valence-electron chi connectivity index (χ1n) is 10.3. The van der Waals surface area contributed by atoms with E-state index < -0.39 is 0 Å². The van der Waals surface area contributed by atoms with Gasteiger partial charge < -0.3 is 20.2 Å². The van der Waals surface area contributed by atoms with E-state index >= 15 is 0 Å². The summed E-state index contributed by atoms with van der Waals surface area (Å²) in [6, 6.07) is 14.2. The van der Waals surface area contributed by atoms with Gasteiger partial charge in [0.1, 0.15) is 5.82 Å². The molecule has 0 radical (unpaired) electrons. The van der Waals surface area contributed by atoms with Crippen LogP contribution in [0.5, 0.6) is 0 Å². The molecule has 1 unspecified atom stereocenters. The minimum Gasteiger partial charge on any atom is -0.391 e. The quantitative estimate of drug-likeness (QED) is 0.627. The first kappa shape index (κ1) is 20.3. The van der Waals surface area contributed by atoms with Crippen LogP contribution in [-0.2, 0) is 0 Å². The molecule has 7 nitrogen and oxygen atoms in total. The molecular formula is C23H28N6O. The lowest BCUT2D eigenvalue weighted by molar-refractivity contribution is 0.198. The summed E-state index contributed by atoms with van der Waals surface area (Å²) >= 11 is 0. The second kappa shape index (κ2) is 9.19. The first-order valence-corrected chi connectivity index (χ1v) is 10.3. The van der Waals surface area contributed by atoms with Gasteiger partial charge in [0, 0.05) is 61.5 Å². The molecule has 1 saturated heterocycles. The molecule has 30 heavy (non-hydrogen) atoms. The maximum Gasteiger partial charge on any atom is 0.163 e. The summed E-state index contributed by atoms with van der Waals surface area (Å²) < 4.78 is 0. The number of β-amino-alcohol motifs (C(OH)–C–C–N with tert-alkyl or cyclic N) is 1. The lowest BCUT2D eigenvalue weighted by atomic mass is 10.1. The summed E-state index contributed by atoms with van der Waals surface area (Å²) in [5.41, 5.74) is 3.86. The van der Waals surface area contributed by atoms with Crippen LogP contribution in [0, 0.1) is 0 Å². The van der Waals surface area contributed by atoms with Gasteiger partial charge in [0.15, 0.2) is 5.82 Å². The van der Waals surface area contributed by atoms with Crippen LogP contribution < -0.4 is 10.2 Å². The number of anilines is 2. The summed E-state index contributed by atoms with van der Waals surface area (Å²) in [6.07, 6.45) is 3.97. The van der Waals surface area contributed by atoms with E-state index in [1.54, 1.807) is 12.4 Å². The molecule has 156 valence electrons. The predicted molar refractivity (Wildman–Crippen MR) is 121 cm³/mol. The van der Waals surface area contributed by atoms with Gasteiger partial charge in [-0.2, -0.15) is 0 Å². The van der Waals surface area contributed by atoms with Crippen LogP contribution in [0.25, 0.3) is 22.6 Å². The molecule has 1 atom stereocenters. The highest BCUT2D eigenvalue weighted by molar-refractivity contribution is 5.69. The summed E-state index contributed by atoms with van der Waals surface area (Å²) in [5.74, 6) is 1.48.